The van der Waals surface area contributed by atoms with Gasteiger partial charge in [0.1, 0.15) is 22.7 Å². The highest BCUT2D eigenvalue weighted by Crippen LogP contribution is 2.35. The summed E-state index contributed by atoms with van der Waals surface area (Å²) in [5, 5.41) is 2.94. The van der Waals surface area contributed by atoms with Crippen LogP contribution in [0.1, 0.15) is 21.6 Å². The second-order valence-electron chi connectivity index (χ2n) is 9.67. The molecule has 0 fully saturated rings. The summed E-state index contributed by atoms with van der Waals surface area (Å²) in [7, 11) is 6.26. The lowest BCUT2D eigenvalue weighted by Crippen LogP contribution is -2.26. The van der Waals surface area contributed by atoms with Crippen molar-refractivity contribution in [1.82, 2.24) is 14.5 Å². The van der Waals surface area contributed by atoms with Crippen molar-refractivity contribution >= 4 is 22.6 Å². The van der Waals surface area contributed by atoms with Gasteiger partial charge in [0.25, 0.3) is 5.88 Å². The summed E-state index contributed by atoms with van der Waals surface area (Å²) in [5.74, 6) is -0.598. The van der Waals surface area contributed by atoms with Crippen molar-refractivity contribution in [3.63, 3.8) is 0 Å². The molecule has 0 unspecified atom stereocenters. The number of anilines is 1. The molecular formula is C32H28F2N4O5. The molecule has 0 atom stereocenters. The van der Waals surface area contributed by atoms with Gasteiger partial charge in [-0.25, -0.2) is 13.8 Å². The summed E-state index contributed by atoms with van der Waals surface area (Å²) in [4.78, 5) is 35.9. The normalized spacial score (nSPS) is 11.0. The fraction of sp³-hybridized carbons (Fsp3) is 0.188. The number of rotatable bonds is 9. The molecule has 3 heterocycles. The van der Waals surface area contributed by atoms with Crippen LogP contribution < -0.4 is 25.0 Å². The predicted octanol–water partition coefficient (Wildman–Crippen LogP) is 5.86. The number of nitrogens with zero attached hydrogens (tertiary/aromatic N) is 3. The first-order valence-electron chi connectivity index (χ1n) is 13.2. The van der Waals surface area contributed by atoms with Crippen molar-refractivity contribution < 1.29 is 27.8 Å². The zero-order chi connectivity index (χ0) is 30.8. The largest absolute Gasteiger partial charge is 0.491 e. The predicted molar refractivity (Wildman–Crippen MR) is 159 cm³/mol. The van der Waals surface area contributed by atoms with E-state index in [-0.39, 0.29) is 34.9 Å². The Morgan fingerprint density at radius 2 is 1.72 bits per heavy atom. The topological polar surface area (TPSA) is 105 Å². The van der Waals surface area contributed by atoms with E-state index in [2.05, 4.69) is 15.3 Å². The number of fused-ring (bicyclic) bond motifs is 1. The number of Topliss-reactive ketones (excluding diaryl/α,β-unsaturated/α-hetero) is 1. The number of carbonyl (C=O) groups is 1. The van der Waals surface area contributed by atoms with Gasteiger partial charge >= 0.3 is 0 Å². The molecule has 0 amide bonds. The van der Waals surface area contributed by atoms with Gasteiger partial charge in [0.2, 0.25) is 5.43 Å². The molecule has 0 radical (unpaired) electrons. The molecule has 0 saturated carbocycles. The van der Waals surface area contributed by atoms with Crippen LogP contribution in [-0.4, -0.2) is 41.6 Å². The number of nitrogens with one attached hydrogen (secondary N) is 1. The minimum Gasteiger partial charge on any atom is -0.491 e. The first-order valence-corrected chi connectivity index (χ1v) is 13.2. The van der Waals surface area contributed by atoms with Gasteiger partial charge in [-0.15, -0.1) is 0 Å². The molecule has 0 bridgehead atoms. The highest BCUT2D eigenvalue weighted by Gasteiger charge is 2.24. The summed E-state index contributed by atoms with van der Waals surface area (Å²) in [6, 6.07) is 12.8. The minimum atomic E-state index is -0.714. The van der Waals surface area contributed by atoms with E-state index >= 15 is 4.39 Å². The number of ether oxygens (including phenoxy) is 3. The van der Waals surface area contributed by atoms with Crippen LogP contribution in [0.15, 0.2) is 65.6 Å². The van der Waals surface area contributed by atoms with Crippen molar-refractivity contribution in [3.8, 4) is 34.3 Å². The average molecular weight is 587 g/mol. The Labute approximate surface area is 245 Å². The van der Waals surface area contributed by atoms with Gasteiger partial charge < -0.3 is 24.1 Å². The van der Waals surface area contributed by atoms with E-state index < -0.39 is 22.8 Å². The molecule has 1 N–H and O–H groups in total. The molecule has 220 valence electrons. The van der Waals surface area contributed by atoms with Crippen molar-refractivity contribution in [2.24, 2.45) is 7.05 Å². The lowest BCUT2D eigenvalue weighted by atomic mass is 9.96. The van der Waals surface area contributed by atoms with Crippen molar-refractivity contribution in [1.29, 1.82) is 0 Å². The second-order valence-corrected chi connectivity index (χ2v) is 9.67. The zero-order valence-electron chi connectivity index (χ0n) is 24.1. The van der Waals surface area contributed by atoms with Gasteiger partial charge in [-0.1, -0.05) is 18.2 Å². The van der Waals surface area contributed by atoms with E-state index in [0.29, 0.717) is 39.4 Å². The van der Waals surface area contributed by atoms with E-state index in [4.69, 9.17) is 14.2 Å². The Morgan fingerprint density at radius 1 is 0.977 bits per heavy atom. The fourth-order valence-corrected chi connectivity index (χ4v) is 4.92. The first kappa shape index (κ1) is 29.2. The maximum absolute atomic E-state index is 15.3. The van der Waals surface area contributed by atoms with Gasteiger partial charge in [0.15, 0.2) is 28.8 Å². The standard InChI is InChI=1S/C32H28F2N4O5/c1-17-27(19-7-9-20(33)10-8-19)30(40)28(31(35-2)38(17)3)23(39)15-18-6-11-24(21(34)14-18)43-25-12-13-36-22-16-26(41-4)32(42-5)37-29(22)25/h6-14,16,35H,15H2,1-5H3. The second kappa shape index (κ2) is 11.9. The van der Waals surface area contributed by atoms with Crippen molar-refractivity contribution in [3.05, 3.63) is 99.5 Å². The molecule has 5 rings (SSSR count). The molecule has 0 spiro atoms. The SMILES string of the molecule is CNc1c(C(=O)Cc2ccc(Oc3ccnc4cc(OC)c(OC)nc34)c(F)c2)c(=O)c(-c2ccc(F)cc2)c(C)n1C. The Bertz CT molecular complexity index is 1920. The van der Waals surface area contributed by atoms with Gasteiger partial charge in [0, 0.05) is 50.1 Å². The monoisotopic (exact) mass is 586 g/mol. The quantitative estimate of drug-likeness (QED) is 0.214. The van der Waals surface area contributed by atoms with Crippen molar-refractivity contribution in [2.75, 3.05) is 26.6 Å². The molecule has 0 aliphatic heterocycles. The Hall–Kier alpha value is -5.32. The van der Waals surface area contributed by atoms with Crippen LogP contribution in [0, 0.1) is 18.6 Å². The molecule has 0 aliphatic carbocycles. The third-order valence-corrected chi connectivity index (χ3v) is 7.14. The molecule has 9 nitrogen and oxygen atoms in total. The third-order valence-electron chi connectivity index (χ3n) is 7.14. The number of carbonyl (C=O) groups excluding carboxylic acids is 1. The number of hydrogen-bond donors (Lipinski definition) is 1. The maximum atomic E-state index is 15.3. The van der Waals surface area contributed by atoms with Gasteiger partial charge in [-0.3, -0.25) is 14.6 Å². The smallest absolute Gasteiger partial charge is 0.257 e. The van der Waals surface area contributed by atoms with Gasteiger partial charge in [0.05, 0.1) is 19.7 Å². The number of halogens is 2. The van der Waals surface area contributed by atoms with Crippen LogP contribution in [0.25, 0.3) is 22.2 Å². The molecule has 5 aromatic rings. The number of ketones is 1. The van der Waals surface area contributed by atoms with Crippen LogP contribution in [0.3, 0.4) is 0 Å². The molecule has 43 heavy (non-hydrogen) atoms. The highest BCUT2D eigenvalue weighted by atomic mass is 19.1. The van der Waals surface area contributed by atoms with Crippen LogP contribution in [0.2, 0.25) is 0 Å². The molecule has 0 aliphatic rings. The van der Waals surface area contributed by atoms with E-state index in [1.807, 2.05) is 0 Å². The molecule has 0 saturated heterocycles. The molecule has 2 aromatic carbocycles. The van der Waals surface area contributed by atoms with E-state index in [9.17, 15) is 14.0 Å². The van der Waals surface area contributed by atoms with Crippen LogP contribution in [0.4, 0.5) is 14.6 Å². The average Bonchev–Trinajstić information content (AvgIpc) is 3.00. The lowest BCUT2D eigenvalue weighted by molar-refractivity contribution is 0.0992. The van der Waals surface area contributed by atoms with Gasteiger partial charge in [-0.05, 0) is 42.3 Å². The molecular weight excluding hydrogens is 558 g/mol. The van der Waals surface area contributed by atoms with Crippen molar-refractivity contribution in [2.45, 2.75) is 13.3 Å². The zero-order valence-corrected chi connectivity index (χ0v) is 24.1. The fourth-order valence-electron chi connectivity index (χ4n) is 4.92. The van der Waals surface area contributed by atoms with E-state index in [0.717, 1.165) is 0 Å². The number of methoxy groups -OCH3 is 2. The van der Waals surface area contributed by atoms with E-state index in [1.165, 1.54) is 56.8 Å². The summed E-state index contributed by atoms with van der Waals surface area (Å²) in [6.45, 7) is 1.75. The summed E-state index contributed by atoms with van der Waals surface area (Å²) >= 11 is 0. The Balaban J connectivity index is 1.46. The number of aromatic nitrogens is 3. The Kier molecular flexibility index (Phi) is 8.07. The molecule has 11 heteroatoms. The number of hydrogen-bond acceptors (Lipinski definition) is 8. The highest BCUT2D eigenvalue weighted by molar-refractivity contribution is 6.03. The first-order chi connectivity index (χ1) is 20.7. The minimum absolute atomic E-state index is 0.0747. The maximum Gasteiger partial charge on any atom is 0.257 e. The summed E-state index contributed by atoms with van der Waals surface area (Å²) in [6.07, 6.45) is 1.25. The lowest BCUT2D eigenvalue weighted by Gasteiger charge is -2.19. The van der Waals surface area contributed by atoms with Gasteiger partial charge in [-0.2, -0.15) is 0 Å². The molecule has 3 aromatic heterocycles. The number of pyridine rings is 3. The summed E-state index contributed by atoms with van der Waals surface area (Å²) in [5.41, 5.74) is 1.93. The number of benzene rings is 2. The van der Waals surface area contributed by atoms with E-state index in [1.54, 1.807) is 43.8 Å². The van der Waals surface area contributed by atoms with Crippen LogP contribution in [-0.2, 0) is 13.5 Å². The third kappa shape index (κ3) is 5.49. The van der Waals surface area contributed by atoms with Crippen LogP contribution >= 0.6 is 0 Å². The van der Waals surface area contributed by atoms with Crippen LogP contribution in [0.5, 0.6) is 23.1 Å². The summed E-state index contributed by atoms with van der Waals surface area (Å²) < 4.78 is 46.9. The Morgan fingerprint density at radius 3 is 2.37 bits per heavy atom.